The summed E-state index contributed by atoms with van der Waals surface area (Å²) in [6.07, 6.45) is 2.76. The Morgan fingerprint density at radius 1 is 1.38 bits per heavy atom. The molecule has 0 saturated heterocycles. The second kappa shape index (κ2) is 4.13. The number of aryl methyl sites for hydroxylation is 1. The normalized spacial score (nSPS) is 9.77. The van der Waals surface area contributed by atoms with Crippen molar-refractivity contribution < 1.29 is 4.74 Å². The Balaban J connectivity index is 3.20. The predicted octanol–water partition coefficient (Wildman–Crippen LogP) is 3.04. The van der Waals surface area contributed by atoms with E-state index in [1.165, 1.54) is 16.7 Å². The molecule has 1 aromatic carbocycles. The summed E-state index contributed by atoms with van der Waals surface area (Å²) in [6, 6.07) is 4.22. The molecule has 0 saturated carbocycles. The van der Waals surface area contributed by atoms with Crippen LogP contribution in [-0.4, -0.2) is 7.11 Å². The zero-order chi connectivity index (χ0) is 9.84. The van der Waals surface area contributed by atoms with Crippen LogP contribution >= 0.6 is 0 Å². The molecule has 0 spiro atoms. The van der Waals surface area contributed by atoms with Crippen molar-refractivity contribution in [1.29, 1.82) is 0 Å². The third-order valence-corrected chi connectivity index (χ3v) is 2.33. The van der Waals surface area contributed by atoms with Crippen LogP contribution in [0, 0.1) is 13.8 Å². The molecule has 0 atom stereocenters. The minimum Gasteiger partial charge on any atom is -0.496 e. The highest BCUT2D eigenvalue weighted by molar-refractivity contribution is 5.45. The number of methoxy groups -OCH3 is 1. The molecule has 0 aromatic heterocycles. The molecular weight excluding hydrogens is 160 g/mol. The summed E-state index contributed by atoms with van der Waals surface area (Å²) in [5, 5.41) is 0. The van der Waals surface area contributed by atoms with Crippen LogP contribution in [0.2, 0.25) is 0 Å². The molecule has 0 heterocycles. The average Bonchev–Trinajstić information content (AvgIpc) is 2.12. The van der Waals surface area contributed by atoms with E-state index in [1.54, 1.807) is 7.11 Å². The fraction of sp³-hybridized carbons (Fsp3) is 0.333. The Labute approximate surface area is 80.0 Å². The molecule has 0 amide bonds. The van der Waals surface area contributed by atoms with Gasteiger partial charge in [-0.05, 0) is 37.0 Å². The molecule has 1 aromatic rings. The lowest BCUT2D eigenvalue weighted by molar-refractivity contribution is 0.407. The van der Waals surface area contributed by atoms with Crippen LogP contribution in [0.25, 0.3) is 0 Å². The van der Waals surface area contributed by atoms with E-state index in [0.29, 0.717) is 0 Å². The molecule has 0 unspecified atom stereocenters. The number of hydrogen-bond donors (Lipinski definition) is 0. The molecule has 13 heavy (non-hydrogen) atoms. The van der Waals surface area contributed by atoms with Crippen molar-refractivity contribution in [2.45, 2.75) is 20.3 Å². The largest absolute Gasteiger partial charge is 0.496 e. The van der Waals surface area contributed by atoms with Crippen molar-refractivity contribution in [3.05, 3.63) is 41.5 Å². The smallest absolute Gasteiger partial charge is 0.125 e. The third-order valence-electron chi connectivity index (χ3n) is 2.33. The minimum absolute atomic E-state index is 0.865. The second-order valence-electron chi connectivity index (χ2n) is 3.19. The van der Waals surface area contributed by atoms with Crippen LogP contribution < -0.4 is 4.74 Å². The Morgan fingerprint density at radius 3 is 2.62 bits per heavy atom. The number of ether oxygens (including phenoxy) is 1. The third kappa shape index (κ3) is 1.92. The maximum Gasteiger partial charge on any atom is 0.125 e. The van der Waals surface area contributed by atoms with Gasteiger partial charge in [-0.3, -0.25) is 0 Å². The van der Waals surface area contributed by atoms with Gasteiger partial charge in [0.2, 0.25) is 0 Å². The van der Waals surface area contributed by atoms with Crippen LogP contribution in [0.5, 0.6) is 5.75 Å². The highest BCUT2D eigenvalue weighted by Gasteiger charge is 2.06. The molecular formula is C12H16O. The predicted molar refractivity (Wildman–Crippen MR) is 56.4 cm³/mol. The van der Waals surface area contributed by atoms with Gasteiger partial charge < -0.3 is 4.74 Å². The molecule has 1 heteroatoms. The van der Waals surface area contributed by atoms with Gasteiger partial charge in [-0.15, -0.1) is 6.58 Å². The van der Waals surface area contributed by atoms with Crippen LogP contribution in [0.4, 0.5) is 0 Å². The van der Waals surface area contributed by atoms with Gasteiger partial charge in [0.25, 0.3) is 0 Å². The molecule has 0 aliphatic heterocycles. The van der Waals surface area contributed by atoms with Gasteiger partial charge in [0, 0.05) is 0 Å². The van der Waals surface area contributed by atoms with Crippen molar-refractivity contribution >= 4 is 0 Å². The molecule has 70 valence electrons. The zero-order valence-electron chi connectivity index (χ0n) is 8.55. The Morgan fingerprint density at radius 2 is 2.08 bits per heavy atom. The molecule has 0 aliphatic carbocycles. The summed E-state index contributed by atoms with van der Waals surface area (Å²) in [5.41, 5.74) is 3.70. The molecule has 0 aliphatic rings. The van der Waals surface area contributed by atoms with Gasteiger partial charge in [-0.1, -0.05) is 18.2 Å². The zero-order valence-corrected chi connectivity index (χ0v) is 8.55. The minimum atomic E-state index is 0.865. The molecule has 0 radical (unpaired) electrons. The van der Waals surface area contributed by atoms with E-state index in [2.05, 4.69) is 32.6 Å². The summed E-state index contributed by atoms with van der Waals surface area (Å²) in [6.45, 7) is 7.90. The van der Waals surface area contributed by atoms with Crippen molar-refractivity contribution in [3.8, 4) is 5.75 Å². The maximum absolute atomic E-state index is 5.36. The monoisotopic (exact) mass is 176 g/mol. The first-order valence-corrected chi connectivity index (χ1v) is 4.44. The number of hydrogen-bond acceptors (Lipinski definition) is 1. The molecule has 1 rings (SSSR count). The van der Waals surface area contributed by atoms with Crippen LogP contribution in [0.3, 0.4) is 0 Å². The molecule has 0 bridgehead atoms. The summed E-state index contributed by atoms with van der Waals surface area (Å²) in [4.78, 5) is 0. The summed E-state index contributed by atoms with van der Waals surface area (Å²) < 4.78 is 5.36. The molecule has 0 fully saturated rings. The highest BCUT2D eigenvalue weighted by Crippen LogP contribution is 2.26. The van der Waals surface area contributed by atoms with E-state index >= 15 is 0 Å². The summed E-state index contributed by atoms with van der Waals surface area (Å²) in [7, 11) is 1.72. The number of benzene rings is 1. The molecule has 1 nitrogen and oxygen atoms in total. The van der Waals surface area contributed by atoms with E-state index in [-0.39, 0.29) is 0 Å². The quantitative estimate of drug-likeness (QED) is 0.643. The average molecular weight is 176 g/mol. The fourth-order valence-corrected chi connectivity index (χ4v) is 1.45. The van der Waals surface area contributed by atoms with Crippen molar-refractivity contribution in [2.24, 2.45) is 0 Å². The van der Waals surface area contributed by atoms with E-state index < -0.39 is 0 Å². The fourth-order valence-electron chi connectivity index (χ4n) is 1.45. The van der Waals surface area contributed by atoms with Crippen LogP contribution in [0.1, 0.15) is 16.7 Å². The van der Waals surface area contributed by atoms with Gasteiger partial charge >= 0.3 is 0 Å². The van der Waals surface area contributed by atoms with Gasteiger partial charge in [-0.2, -0.15) is 0 Å². The first kappa shape index (κ1) is 9.85. The van der Waals surface area contributed by atoms with E-state index in [0.717, 1.165) is 12.2 Å². The lowest BCUT2D eigenvalue weighted by Gasteiger charge is -2.11. The van der Waals surface area contributed by atoms with Gasteiger partial charge in [0.1, 0.15) is 5.75 Å². The SMILES string of the molecule is C=CCc1ccc(C)c(C)c1OC. The second-order valence-corrected chi connectivity index (χ2v) is 3.19. The number of rotatable bonds is 3. The topological polar surface area (TPSA) is 9.23 Å². The lowest BCUT2D eigenvalue weighted by atomic mass is 10.0. The Bertz CT molecular complexity index is 313. The lowest BCUT2D eigenvalue weighted by Crippen LogP contribution is -1.95. The van der Waals surface area contributed by atoms with E-state index in [4.69, 9.17) is 4.74 Å². The first-order chi connectivity index (χ1) is 6.20. The first-order valence-electron chi connectivity index (χ1n) is 4.44. The summed E-state index contributed by atoms with van der Waals surface area (Å²) >= 11 is 0. The summed E-state index contributed by atoms with van der Waals surface area (Å²) in [5.74, 6) is 1.000. The van der Waals surface area contributed by atoms with Crippen LogP contribution in [-0.2, 0) is 6.42 Å². The van der Waals surface area contributed by atoms with E-state index in [9.17, 15) is 0 Å². The van der Waals surface area contributed by atoms with Crippen LogP contribution in [0.15, 0.2) is 24.8 Å². The van der Waals surface area contributed by atoms with Crippen molar-refractivity contribution in [3.63, 3.8) is 0 Å². The Hall–Kier alpha value is -1.24. The van der Waals surface area contributed by atoms with Crippen molar-refractivity contribution in [2.75, 3.05) is 7.11 Å². The standard InChI is InChI=1S/C12H16O/c1-5-6-11-8-7-9(2)10(3)12(11)13-4/h5,7-8H,1,6H2,2-4H3. The van der Waals surface area contributed by atoms with Gasteiger partial charge in [0.15, 0.2) is 0 Å². The highest BCUT2D eigenvalue weighted by atomic mass is 16.5. The van der Waals surface area contributed by atoms with Crippen molar-refractivity contribution in [1.82, 2.24) is 0 Å². The number of allylic oxidation sites excluding steroid dienone is 1. The van der Waals surface area contributed by atoms with E-state index in [1.807, 2.05) is 6.08 Å². The van der Waals surface area contributed by atoms with Gasteiger partial charge in [-0.25, -0.2) is 0 Å². The van der Waals surface area contributed by atoms with Gasteiger partial charge in [0.05, 0.1) is 7.11 Å². The Kier molecular flexibility index (Phi) is 3.13. The molecule has 0 N–H and O–H groups in total. The maximum atomic E-state index is 5.36.